The molecule has 0 aliphatic carbocycles. The molecule has 0 atom stereocenters. The number of hydrogen-bond acceptors (Lipinski definition) is 4. The molecule has 1 aromatic heterocycles. The number of ether oxygens (including phenoxy) is 2. The number of rotatable bonds is 5. The van der Waals surface area contributed by atoms with Gasteiger partial charge < -0.3 is 18.9 Å². The van der Waals surface area contributed by atoms with E-state index in [0.29, 0.717) is 30.1 Å². The van der Waals surface area contributed by atoms with Gasteiger partial charge in [-0.1, -0.05) is 12.1 Å². The van der Waals surface area contributed by atoms with Crippen LogP contribution in [0.1, 0.15) is 21.7 Å². The Morgan fingerprint density at radius 3 is 2.76 bits per heavy atom. The van der Waals surface area contributed by atoms with Gasteiger partial charge >= 0.3 is 12.1 Å². The van der Waals surface area contributed by atoms with E-state index in [1.807, 2.05) is 0 Å². The first kappa shape index (κ1) is 17.0. The lowest BCUT2D eigenvalue weighted by atomic mass is 10.2. The first-order valence-electron chi connectivity index (χ1n) is 8.01. The molecular weight excluding hydrogens is 327 g/mol. The average Bonchev–Trinajstić information content (AvgIpc) is 3.12. The van der Waals surface area contributed by atoms with E-state index in [1.54, 1.807) is 42.7 Å². The van der Waals surface area contributed by atoms with E-state index in [9.17, 15) is 14.0 Å². The van der Waals surface area contributed by atoms with E-state index in [0.717, 1.165) is 5.69 Å². The summed E-state index contributed by atoms with van der Waals surface area (Å²) in [6.45, 7) is 4.77. The zero-order valence-corrected chi connectivity index (χ0v) is 14.1. The number of amides is 1. The van der Waals surface area contributed by atoms with Gasteiger partial charge in [0, 0.05) is 11.4 Å². The standard InChI is InChI=1S/C18H19FN2O4/c1-12-11-14(13(2)21(12)16-6-4-3-5-15(16)19)17(22)24-9-7-20-8-10-25-18(20)23/h3-6,11H,7-10H2,1-2H3. The molecule has 0 spiro atoms. The third-order valence-corrected chi connectivity index (χ3v) is 4.18. The Hall–Kier alpha value is -2.83. The monoisotopic (exact) mass is 346 g/mol. The Labute approximate surface area is 144 Å². The molecule has 2 aromatic rings. The van der Waals surface area contributed by atoms with E-state index >= 15 is 0 Å². The molecule has 1 saturated heterocycles. The SMILES string of the molecule is Cc1cc(C(=O)OCCN2CCOC2=O)c(C)n1-c1ccccc1F. The number of cyclic esters (lactones) is 1. The fraction of sp³-hybridized carbons (Fsp3) is 0.333. The van der Waals surface area contributed by atoms with Gasteiger partial charge in [0.2, 0.25) is 0 Å². The van der Waals surface area contributed by atoms with Crippen molar-refractivity contribution < 1.29 is 23.5 Å². The number of para-hydroxylation sites is 1. The second-order valence-electron chi connectivity index (χ2n) is 5.81. The van der Waals surface area contributed by atoms with Crippen LogP contribution >= 0.6 is 0 Å². The number of carbonyl (C=O) groups excluding carboxylic acids is 2. The lowest BCUT2D eigenvalue weighted by Crippen LogP contribution is -2.29. The van der Waals surface area contributed by atoms with E-state index in [-0.39, 0.29) is 19.0 Å². The van der Waals surface area contributed by atoms with Gasteiger partial charge in [0.05, 0.1) is 24.3 Å². The summed E-state index contributed by atoms with van der Waals surface area (Å²) < 4.78 is 25.8. The maximum absolute atomic E-state index is 14.1. The van der Waals surface area contributed by atoms with Crippen molar-refractivity contribution in [3.63, 3.8) is 0 Å². The lowest BCUT2D eigenvalue weighted by molar-refractivity contribution is 0.0476. The van der Waals surface area contributed by atoms with Crippen LogP contribution in [-0.2, 0) is 9.47 Å². The second kappa shape index (κ2) is 6.96. The molecule has 2 heterocycles. The van der Waals surface area contributed by atoms with Crippen molar-refractivity contribution in [1.29, 1.82) is 0 Å². The van der Waals surface area contributed by atoms with Crippen molar-refractivity contribution in [2.24, 2.45) is 0 Å². The number of carbonyl (C=O) groups is 2. The Balaban J connectivity index is 1.72. The summed E-state index contributed by atoms with van der Waals surface area (Å²) >= 11 is 0. The van der Waals surface area contributed by atoms with Gasteiger partial charge in [-0.25, -0.2) is 14.0 Å². The van der Waals surface area contributed by atoms with Crippen LogP contribution in [0.2, 0.25) is 0 Å². The third-order valence-electron chi connectivity index (χ3n) is 4.18. The van der Waals surface area contributed by atoms with E-state index in [2.05, 4.69) is 0 Å². The summed E-state index contributed by atoms with van der Waals surface area (Å²) in [5, 5.41) is 0. The van der Waals surface area contributed by atoms with E-state index < -0.39 is 12.1 Å². The normalized spacial score (nSPS) is 13.9. The van der Waals surface area contributed by atoms with Crippen LogP contribution < -0.4 is 0 Å². The van der Waals surface area contributed by atoms with Gasteiger partial charge in [-0.2, -0.15) is 0 Å². The average molecular weight is 346 g/mol. The highest BCUT2D eigenvalue weighted by Gasteiger charge is 2.23. The minimum absolute atomic E-state index is 0.0807. The Bertz CT molecular complexity index is 815. The Morgan fingerprint density at radius 1 is 1.32 bits per heavy atom. The largest absolute Gasteiger partial charge is 0.460 e. The lowest BCUT2D eigenvalue weighted by Gasteiger charge is -2.13. The van der Waals surface area contributed by atoms with Gasteiger partial charge in [-0.15, -0.1) is 0 Å². The van der Waals surface area contributed by atoms with Gasteiger partial charge in [0.15, 0.2) is 0 Å². The van der Waals surface area contributed by atoms with Crippen LogP contribution in [-0.4, -0.2) is 47.8 Å². The fourth-order valence-corrected chi connectivity index (χ4v) is 2.93. The summed E-state index contributed by atoms with van der Waals surface area (Å²) in [5.41, 5.74) is 2.10. The number of benzene rings is 1. The molecule has 132 valence electrons. The first-order chi connectivity index (χ1) is 12.0. The number of esters is 1. The fourth-order valence-electron chi connectivity index (χ4n) is 2.93. The number of nitrogens with zero attached hydrogens (tertiary/aromatic N) is 2. The van der Waals surface area contributed by atoms with Gasteiger partial charge in [0.25, 0.3) is 0 Å². The molecular formula is C18H19FN2O4. The summed E-state index contributed by atoms with van der Waals surface area (Å²) in [5.74, 6) is -0.861. The zero-order chi connectivity index (χ0) is 18.0. The molecule has 7 heteroatoms. The van der Waals surface area contributed by atoms with E-state index in [4.69, 9.17) is 9.47 Å². The minimum Gasteiger partial charge on any atom is -0.460 e. The summed E-state index contributed by atoms with van der Waals surface area (Å²) in [6.07, 6.45) is -0.395. The molecule has 1 aliphatic rings. The Morgan fingerprint density at radius 2 is 2.08 bits per heavy atom. The minimum atomic E-state index is -0.497. The number of hydrogen-bond donors (Lipinski definition) is 0. The summed E-state index contributed by atoms with van der Waals surface area (Å²) in [6, 6.07) is 8.06. The van der Waals surface area contributed by atoms with Gasteiger partial charge in [0.1, 0.15) is 19.0 Å². The van der Waals surface area contributed by atoms with Crippen molar-refractivity contribution in [3.8, 4) is 5.69 Å². The number of aryl methyl sites for hydroxylation is 1. The van der Waals surface area contributed by atoms with Crippen molar-refractivity contribution in [2.75, 3.05) is 26.3 Å². The molecule has 0 unspecified atom stereocenters. The van der Waals surface area contributed by atoms with Crippen LogP contribution in [0.15, 0.2) is 30.3 Å². The van der Waals surface area contributed by atoms with Crippen LogP contribution in [0.5, 0.6) is 0 Å². The molecule has 25 heavy (non-hydrogen) atoms. The van der Waals surface area contributed by atoms with Crippen molar-refractivity contribution in [3.05, 3.63) is 53.1 Å². The highest BCUT2D eigenvalue weighted by atomic mass is 19.1. The topological polar surface area (TPSA) is 60.8 Å². The molecule has 1 aliphatic heterocycles. The van der Waals surface area contributed by atoms with Crippen LogP contribution in [0.3, 0.4) is 0 Å². The maximum Gasteiger partial charge on any atom is 0.410 e. The molecule has 1 fully saturated rings. The molecule has 0 bridgehead atoms. The second-order valence-corrected chi connectivity index (χ2v) is 5.81. The van der Waals surface area contributed by atoms with Crippen LogP contribution in [0.4, 0.5) is 9.18 Å². The van der Waals surface area contributed by atoms with Crippen molar-refractivity contribution in [2.45, 2.75) is 13.8 Å². The molecule has 1 aromatic carbocycles. The smallest absolute Gasteiger partial charge is 0.410 e. The predicted octanol–water partition coefficient (Wildman–Crippen LogP) is 2.84. The molecule has 0 saturated carbocycles. The zero-order valence-electron chi connectivity index (χ0n) is 14.1. The predicted molar refractivity (Wildman–Crippen MR) is 88.4 cm³/mol. The molecule has 3 rings (SSSR count). The summed E-state index contributed by atoms with van der Waals surface area (Å²) in [4.78, 5) is 25.2. The molecule has 6 nitrogen and oxygen atoms in total. The summed E-state index contributed by atoms with van der Waals surface area (Å²) in [7, 11) is 0. The molecule has 0 N–H and O–H groups in total. The van der Waals surface area contributed by atoms with Crippen molar-refractivity contribution >= 4 is 12.1 Å². The van der Waals surface area contributed by atoms with Gasteiger partial charge in [-0.3, -0.25) is 0 Å². The van der Waals surface area contributed by atoms with Crippen LogP contribution in [0, 0.1) is 19.7 Å². The first-order valence-corrected chi connectivity index (χ1v) is 8.01. The van der Waals surface area contributed by atoms with Crippen molar-refractivity contribution in [1.82, 2.24) is 9.47 Å². The number of aromatic nitrogens is 1. The molecule has 0 radical (unpaired) electrons. The highest BCUT2D eigenvalue weighted by Crippen LogP contribution is 2.23. The third kappa shape index (κ3) is 3.35. The van der Waals surface area contributed by atoms with Crippen LogP contribution in [0.25, 0.3) is 5.69 Å². The highest BCUT2D eigenvalue weighted by molar-refractivity contribution is 5.91. The molecule has 1 amide bonds. The van der Waals surface area contributed by atoms with Gasteiger partial charge in [-0.05, 0) is 32.0 Å². The Kier molecular flexibility index (Phi) is 4.74. The quantitative estimate of drug-likeness (QED) is 0.781. The maximum atomic E-state index is 14.1. The van der Waals surface area contributed by atoms with E-state index in [1.165, 1.54) is 11.0 Å². The number of halogens is 1.